The molecule has 20 rings (SSSR count). The van der Waals surface area contributed by atoms with E-state index in [1.54, 1.807) is 24.8 Å². The molecule has 8 bridgehead atoms. The number of esters is 1. The molecule has 4 atom stereocenters. The number of benzene rings is 9. The maximum atomic E-state index is 12.8. The number of hydrogen-bond acceptors (Lipinski definition) is 11. The van der Waals surface area contributed by atoms with Crippen molar-refractivity contribution in [1.29, 1.82) is 0 Å². The van der Waals surface area contributed by atoms with Crippen LogP contribution < -0.4 is 0 Å². The molecule has 0 amide bonds. The summed E-state index contributed by atoms with van der Waals surface area (Å²) in [6, 6.07) is 96.3. The molecule has 8 aliphatic rings. The second kappa shape index (κ2) is 41.5. The number of Topliss-reactive ketones (excluding diaryl/α,β-unsaturated/α-hetero) is 2. The zero-order valence-electron chi connectivity index (χ0n) is 66.1. The number of hydrogen-bond donors (Lipinski definition) is 2. The molecule has 4 unspecified atom stereocenters. The average molecular weight is 1680 g/mol. The molecule has 12 aromatic rings. The van der Waals surface area contributed by atoms with E-state index < -0.39 is 35.6 Å². The van der Waals surface area contributed by atoms with Gasteiger partial charge in [-0.2, -0.15) is 26.3 Å². The minimum Gasteiger partial charge on any atom is -0.477 e. The van der Waals surface area contributed by atoms with Crippen molar-refractivity contribution in [2.45, 2.75) is 147 Å². The van der Waals surface area contributed by atoms with Crippen molar-refractivity contribution >= 4 is 68.1 Å². The van der Waals surface area contributed by atoms with Gasteiger partial charge in [0.05, 0.1) is 39.3 Å². The van der Waals surface area contributed by atoms with Gasteiger partial charge in [0.1, 0.15) is 30.5 Å². The number of halogens is 6. The Bertz CT molecular complexity index is 4490. The highest BCUT2D eigenvalue weighted by Gasteiger charge is 2.57. The van der Waals surface area contributed by atoms with Crippen LogP contribution in [-0.4, -0.2) is 105 Å². The molecule has 15 nitrogen and oxygen atoms in total. The highest BCUT2D eigenvalue weighted by molar-refractivity contribution is 7.97. The Morgan fingerprint density at radius 2 is 0.613 bits per heavy atom. The van der Waals surface area contributed by atoms with Gasteiger partial charge in [-0.15, -0.1) is 0 Å². The van der Waals surface area contributed by atoms with Gasteiger partial charge in [-0.05, 0) is 191 Å². The van der Waals surface area contributed by atoms with Gasteiger partial charge in [0.2, 0.25) is 0 Å². The average Bonchev–Trinajstić information content (AvgIpc) is 1.70. The lowest BCUT2D eigenvalue weighted by Crippen LogP contribution is -2.53. The molecule has 24 heteroatoms. The van der Waals surface area contributed by atoms with Crippen LogP contribution in [0.25, 0.3) is 0 Å². The number of ether oxygens (including phenoxy) is 1. The van der Waals surface area contributed by atoms with Gasteiger partial charge in [-0.25, -0.2) is 29.3 Å². The minimum atomic E-state index is -3.58. The summed E-state index contributed by atoms with van der Waals surface area (Å²) in [7, 11) is -0.0439. The summed E-state index contributed by atoms with van der Waals surface area (Å²) in [6.45, 7) is 1.79. The number of carbonyl (C=O) groups is 6. The lowest BCUT2D eigenvalue weighted by Gasteiger charge is -2.55. The molecule has 9 aromatic carbocycles. The van der Waals surface area contributed by atoms with Crippen molar-refractivity contribution in [3.05, 3.63) is 329 Å². The first-order valence-electron chi connectivity index (χ1n) is 39.1. The molecule has 3 heterocycles. The molecule has 616 valence electrons. The number of aliphatic hydroxyl groups excluding tert-OH is 1. The molecule has 0 radical (unpaired) electrons. The first-order chi connectivity index (χ1) is 57.2. The number of aliphatic hydroxyl groups is 1. The Morgan fingerprint density at radius 3 is 0.824 bits per heavy atom. The van der Waals surface area contributed by atoms with E-state index in [1.807, 2.05) is 0 Å². The molecule has 8 saturated carbocycles. The first-order valence-corrected chi connectivity index (χ1v) is 42.8. The van der Waals surface area contributed by atoms with E-state index in [-0.39, 0.29) is 68.0 Å². The fraction of sp³-hybridized carbons (Fsp3) is 0.274. The highest BCUT2D eigenvalue weighted by atomic mass is 32.2. The third kappa shape index (κ3) is 24.5. The molecule has 0 aliphatic heterocycles. The van der Waals surface area contributed by atoms with Gasteiger partial charge >= 0.3 is 41.6 Å². The van der Waals surface area contributed by atoms with Crippen LogP contribution in [-0.2, 0) is 56.6 Å². The van der Waals surface area contributed by atoms with Gasteiger partial charge in [0.15, 0.2) is 44.1 Å². The molecular weight excluding hydrogens is 1580 g/mol. The summed E-state index contributed by atoms with van der Waals surface area (Å²) in [5, 5.41) is 16.9. The zero-order valence-corrected chi connectivity index (χ0v) is 68.5. The van der Waals surface area contributed by atoms with Crippen molar-refractivity contribution in [2.24, 2.45) is 46.3 Å². The SMILES string of the molecule is CC(F)(F)C(=O)O.CC(F)(F)C(=O)OCC12CC3CC(C1)C(=O)C(C3)C2.CC(F)(F)C(=O)n1ccnc1.O=C(n1ccnc1)n1ccnc1.O=C1C2CC3CC1CC(CO)(C3)C2.c1ccc([S+](c2ccccc2)c2ccccc2)cc1.c1ccc([S+](c2ccccc2)c2ccccc2)cc1.c1ccc([S+](c2ccccc2)c2ccccc2)cc1. The minimum absolute atomic E-state index is 0.0146. The maximum Gasteiger partial charge on any atom is 0.376 e. The van der Waals surface area contributed by atoms with Crippen molar-refractivity contribution in [3.63, 3.8) is 0 Å². The van der Waals surface area contributed by atoms with Gasteiger partial charge in [-0.1, -0.05) is 164 Å². The number of alkyl halides is 6. The monoisotopic (exact) mass is 1670 g/mol. The van der Waals surface area contributed by atoms with Crippen LogP contribution in [0.15, 0.2) is 373 Å². The predicted octanol–water partition coefficient (Wildman–Crippen LogP) is 20.8. The zero-order chi connectivity index (χ0) is 84.6. The second-order valence-corrected chi connectivity index (χ2v) is 36.5. The Morgan fingerprint density at radius 1 is 0.378 bits per heavy atom. The fourth-order valence-electron chi connectivity index (χ4n) is 16.3. The number of imidazole rings is 3. The number of rotatable bonds is 15. The Hall–Kier alpha value is -11.2. The van der Waals surface area contributed by atoms with E-state index in [2.05, 4.69) is 288 Å². The predicted molar refractivity (Wildman–Crippen MR) is 448 cm³/mol. The van der Waals surface area contributed by atoms with Crippen molar-refractivity contribution in [2.75, 3.05) is 13.2 Å². The molecule has 119 heavy (non-hydrogen) atoms. The molecule has 8 fully saturated rings. The summed E-state index contributed by atoms with van der Waals surface area (Å²) >= 11 is 0. The Kier molecular flexibility index (Phi) is 30.9. The van der Waals surface area contributed by atoms with E-state index >= 15 is 0 Å². The Labute approximate surface area is 698 Å². The van der Waals surface area contributed by atoms with Gasteiger partial charge in [0, 0.05) is 93.6 Å². The topological polar surface area (TPSA) is 206 Å². The number of carboxylic acid groups (broad SMARTS) is 1. The third-order valence-corrected chi connectivity index (χ3v) is 27.9. The molecule has 0 saturated heterocycles. The van der Waals surface area contributed by atoms with Crippen LogP contribution in [0.4, 0.5) is 31.1 Å². The van der Waals surface area contributed by atoms with Crippen LogP contribution in [0.3, 0.4) is 0 Å². The quantitative estimate of drug-likeness (QED) is 0.0559. The lowest BCUT2D eigenvalue weighted by molar-refractivity contribution is -0.180. The first kappa shape index (κ1) is 88.6. The van der Waals surface area contributed by atoms with E-state index in [9.17, 15) is 60.2 Å². The number of aromatic nitrogens is 6. The number of carboxylic acids is 1. The largest absolute Gasteiger partial charge is 0.477 e. The highest BCUT2D eigenvalue weighted by Crippen LogP contribution is 2.60. The maximum absolute atomic E-state index is 12.8. The smallest absolute Gasteiger partial charge is 0.376 e. The van der Waals surface area contributed by atoms with E-state index in [0.717, 1.165) is 61.8 Å². The van der Waals surface area contributed by atoms with E-state index in [1.165, 1.54) is 84.7 Å². The fourth-order valence-corrected chi connectivity index (χ4v) is 22.6. The van der Waals surface area contributed by atoms with Crippen LogP contribution in [0.2, 0.25) is 0 Å². The van der Waals surface area contributed by atoms with Gasteiger partial charge < -0.3 is 14.9 Å². The third-order valence-electron chi connectivity index (χ3n) is 21.2. The van der Waals surface area contributed by atoms with Gasteiger partial charge in [-0.3, -0.25) is 28.1 Å². The standard InChI is InChI=1S/3C18H15S.C14H18F2O3.C11H16O2.C7H6N4O.C6H6F2N2O.C3H4F2O2/c3*1-4-10-16(11-5-1)19(17-12-6-2-7-13-17)18-14-8-3-9-15-18;1-13(15,16)12(18)19-7-14-4-8-2-9(5-14)11(17)10(3-8)6-14;12-6-11-3-7-1-8(4-11)10(13)9(2-7)5-11;12-7(10-3-1-8-5-10)11-4-2-9-6-11;1-6(7,8)5(11)10-3-2-9-4-10;1-3(4,5)2(6)7/h3*1-15H;8-10H,2-7H2,1H3;7-9,12H,1-6H2;1-6H;2-4H,1H3;1H3,(H,6,7)/q3*+1;;;;;. The second-order valence-electron chi connectivity index (χ2n) is 30.4. The number of carbonyl (C=O) groups excluding carboxylic acids is 5. The van der Waals surface area contributed by atoms with Crippen LogP contribution in [0.1, 0.15) is 89.8 Å². The summed E-state index contributed by atoms with van der Waals surface area (Å²) in [6.07, 6.45) is 22.3. The molecular formula is C95H95F6N6O9S3+3. The van der Waals surface area contributed by atoms with Crippen LogP contribution in [0.5, 0.6) is 0 Å². The van der Waals surface area contributed by atoms with E-state index in [4.69, 9.17) is 9.84 Å². The van der Waals surface area contributed by atoms with Crippen molar-refractivity contribution < 1.29 is 70.1 Å². The molecule has 0 spiro atoms. The summed E-state index contributed by atoms with van der Waals surface area (Å²) in [4.78, 5) is 89.5. The summed E-state index contributed by atoms with van der Waals surface area (Å²) in [5.41, 5.74) is -0.0598. The van der Waals surface area contributed by atoms with E-state index in [0.29, 0.717) is 69.5 Å². The molecule has 3 aromatic heterocycles. The number of nitrogens with zero attached hydrogens (tertiary/aromatic N) is 6. The van der Waals surface area contributed by atoms with Gasteiger partial charge in [0.25, 0.3) is 0 Å². The number of ketones is 2. The molecule has 2 N–H and O–H groups in total. The van der Waals surface area contributed by atoms with Crippen molar-refractivity contribution in [3.8, 4) is 0 Å². The molecule has 8 aliphatic carbocycles. The van der Waals surface area contributed by atoms with Crippen molar-refractivity contribution in [1.82, 2.24) is 28.7 Å². The number of aliphatic carboxylic acids is 1. The lowest BCUT2D eigenvalue weighted by atomic mass is 9.49. The normalized spacial score (nSPS) is 20.1. The summed E-state index contributed by atoms with van der Waals surface area (Å²) in [5.74, 6) is -12.2. The van der Waals surface area contributed by atoms with Crippen LogP contribution in [0, 0.1) is 46.3 Å². The summed E-state index contributed by atoms with van der Waals surface area (Å²) < 4.78 is 81.0. The van der Waals surface area contributed by atoms with Crippen LogP contribution >= 0.6 is 0 Å². The Balaban J connectivity index is 0.000000135.